The van der Waals surface area contributed by atoms with Crippen LogP contribution in [0.5, 0.6) is 0 Å². The summed E-state index contributed by atoms with van der Waals surface area (Å²) in [7, 11) is 0. The number of ether oxygens (including phenoxy) is 1. The molecule has 1 unspecified atom stereocenters. The Morgan fingerprint density at radius 3 is 3.10 bits per heavy atom. The van der Waals surface area contributed by atoms with Crippen LogP contribution in [0.15, 0.2) is 18.2 Å². The van der Waals surface area contributed by atoms with E-state index in [2.05, 4.69) is 41.9 Å². The second kappa shape index (κ2) is 5.94. The number of imidazole rings is 1. The van der Waals surface area contributed by atoms with Gasteiger partial charge in [0.25, 0.3) is 0 Å². The van der Waals surface area contributed by atoms with E-state index >= 15 is 0 Å². The van der Waals surface area contributed by atoms with Gasteiger partial charge in [-0.1, -0.05) is 13.0 Å². The van der Waals surface area contributed by atoms with Gasteiger partial charge in [0.1, 0.15) is 5.82 Å². The number of aryl methyl sites for hydroxylation is 2. The van der Waals surface area contributed by atoms with Gasteiger partial charge in [0.05, 0.1) is 23.7 Å². The molecule has 0 spiro atoms. The molecule has 4 nitrogen and oxygen atoms in total. The number of rotatable bonds is 4. The summed E-state index contributed by atoms with van der Waals surface area (Å²) < 4.78 is 8.17. The lowest BCUT2D eigenvalue weighted by atomic mass is 10.2. The highest BCUT2D eigenvalue weighted by Crippen LogP contribution is 2.20. The predicted octanol–water partition coefficient (Wildman–Crippen LogP) is 2.29. The summed E-state index contributed by atoms with van der Waals surface area (Å²) in [6.07, 6.45) is 2.26. The topological polar surface area (TPSA) is 39.1 Å². The van der Waals surface area contributed by atoms with Gasteiger partial charge in [-0.05, 0) is 31.0 Å². The predicted molar refractivity (Wildman–Crippen MR) is 81.1 cm³/mol. The zero-order chi connectivity index (χ0) is 13.9. The normalized spacial score (nSPS) is 19.6. The summed E-state index contributed by atoms with van der Waals surface area (Å²) in [5.74, 6) is 1.15. The maximum Gasteiger partial charge on any atom is 0.112 e. The first kappa shape index (κ1) is 13.6. The van der Waals surface area contributed by atoms with Crippen molar-refractivity contribution in [3.05, 3.63) is 29.6 Å². The van der Waals surface area contributed by atoms with Crippen molar-refractivity contribution in [1.29, 1.82) is 0 Å². The molecule has 20 heavy (non-hydrogen) atoms. The molecule has 1 aliphatic rings. The van der Waals surface area contributed by atoms with Crippen molar-refractivity contribution in [3.8, 4) is 0 Å². The van der Waals surface area contributed by atoms with Crippen LogP contribution in [0.3, 0.4) is 0 Å². The van der Waals surface area contributed by atoms with Crippen LogP contribution in [0, 0.1) is 6.92 Å². The number of hydrogen-bond acceptors (Lipinski definition) is 3. The number of nitrogens with one attached hydrogen (secondary N) is 1. The van der Waals surface area contributed by atoms with Crippen LogP contribution in [-0.4, -0.2) is 35.4 Å². The Bertz CT molecular complexity index is 585. The smallest absolute Gasteiger partial charge is 0.112 e. The van der Waals surface area contributed by atoms with E-state index < -0.39 is 0 Å². The van der Waals surface area contributed by atoms with Crippen molar-refractivity contribution in [2.45, 2.75) is 39.3 Å². The first-order chi connectivity index (χ1) is 9.78. The van der Waals surface area contributed by atoms with E-state index in [0.717, 1.165) is 50.4 Å². The minimum absolute atomic E-state index is 0.247. The van der Waals surface area contributed by atoms with Crippen molar-refractivity contribution >= 4 is 11.0 Å². The quantitative estimate of drug-likeness (QED) is 0.929. The fourth-order valence-corrected chi connectivity index (χ4v) is 2.87. The highest BCUT2D eigenvalue weighted by molar-refractivity contribution is 5.76. The fourth-order valence-electron chi connectivity index (χ4n) is 2.87. The highest BCUT2D eigenvalue weighted by atomic mass is 16.5. The van der Waals surface area contributed by atoms with Gasteiger partial charge in [0.2, 0.25) is 0 Å². The van der Waals surface area contributed by atoms with Crippen molar-refractivity contribution in [2.75, 3.05) is 19.7 Å². The third-order valence-corrected chi connectivity index (χ3v) is 3.84. The standard InChI is InChI=1S/C16H23N3O/c1-3-7-19-15-5-4-12(2)9-14(15)18-16(19)10-13-11-17-6-8-20-13/h4-5,9,13,17H,3,6-8,10-11H2,1-2H3. The number of hydrogen-bond donors (Lipinski definition) is 1. The minimum Gasteiger partial charge on any atom is -0.375 e. The molecule has 1 aromatic carbocycles. The summed E-state index contributed by atoms with van der Waals surface area (Å²) in [5, 5.41) is 3.39. The lowest BCUT2D eigenvalue weighted by Crippen LogP contribution is -2.40. The van der Waals surface area contributed by atoms with Crippen molar-refractivity contribution in [2.24, 2.45) is 0 Å². The van der Waals surface area contributed by atoms with E-state index in [-0.39, 0.29) is 6.10 Å². The number of morpholine rings is 1. The molecule has 0 bridgehead atoms. The van der Waals surface area contributed by atoms with Crippen LogP contribution in [0.1, 0.15) is 24.7 Å². The SMILES string of the molecule is CCCn1c(CC2CNCCO2)nc2cc(C)ccc21. The lowest BCUT2D eigenvalue weighted by Gasteiger charge is -2.23. The molecule has 0 radical (unpaired) electrons. The maximum atomic E-state index is 5.82. The van der Waals surface area contributed by atoms with Gasteiger partial charge in [0.15, 0.2) is 0 Å². The van der Waals surface area contributed by atoms with Gasteiger partial charge in [-0.25, -0.2) is 4.98 Å². The molecule has 1 saturated heterocycles. The molecule has 0 aliphatic carbocycles. The molecule has 4 heteroatoms. The summed E-state index contributed by atoms with van der Waals surface area (Å²) in [5.41, 5.74) is 3.62. The third kappa shape index (κ3) is 2.72. The molecule has 0 saturated carbocycles. The van der Waals surface area contributed by atoms with E-state index in [0.29, 0.717) is 0 Å². The van der Waals surface area contributed by atoms with Gasteiger partial charge >= 0.3 is 0 Å². The fraction of sp³-hybridized carbons (Fsp3) is 0.562. The molecule has 2 aromatic rings. The van der Waals surface area contributed by atoms with Crippen LogP contribution in [-0.2, 0) is 17.7 Å². The Balaban J connectivity index is 1.93. The summed E-state index contributed by atoms with van der Waals surface area (Å²) in [6.45, 7) is 8.04. The second-order valence-corrected chi connectivity index (χ2v) is 5.57. The average molecular weight is 273 g/mol. The molecule has 1 atom stereocenters. The van der Waals surface area contributed by atoms with E-state index in [4.69, 9.17) is 9.72 Å². The van der Waals surface area contributed by atoms with Gasteiger partial charge in [0, 0.05) is 26.1 Å². The molecular weight excluding hydrogens is 250 g/mol. The maximum absolute atomic E-state index is 5.82. The molecule has 1 N–H and O–H groups in total. The molecule has 3 rings (SSSR count). The summed E-state index contributed by atoms with van der Waals surface area (Å²) in [6, 6.07) is 6.53. The average Bonchev–Trinajstić information content (AvgIpc) is 2.77. The van der Waals surface area contributed by atoms with Crippen LogP contribution in [0.2, 0.25) is 0 Å². The van der Waals surface area contributed by atoms with Crippen LogP contribution >= 0.6 is 0 Å². The Kier molecular flexibility index (Phi) is 4.03. The minimum atomic E-state index is 0.247. The summed E-state index contributed by atoms with van der Waals surface area (Å²) >= 11 is 0. The monoisotopic (exact) mass is 273 g/mol. The van der Waals surface area contributed by atoms with Crippen LogP contribution < -0.4 is 5.32 Å². The van der Waals surface area contributed by atoms with E-state index in [1.54, 1.807) is 0 Å². The van der Waals surface area contributed by atoms with E-state index in [1.165, 1.54) is 11.1 Å². The zero-order valence-corrected chi connectivity index (χ0v) is 12.4. The van der Waals surface area contributed by atoms with Gasteiger partial charge in [-0.3, -0.25) is 0 Å². The number of benzene rings is 1. The van der Waals surface area contributed by atoms with Crippen LogP contribution in [0.4, 0.5) is 0 Å². The Morgan fingerprint density at radius 2 is 2.35 bits per heavy atom. The van der Waals surface area contributed by atoms with Gasteiger partial charge in [-0.2, -0.15) is 0 Å². The zero-order valence-electron chi connectivity index (χ0n) is 12.4. The Hall–Kier alpha value is -1.39. The highest BCUT2D eigenvalue weighted by Gasteiger charge is 2.18. The third-order valence-electron chi connectivity index (χ3n) is 3.84. The first-order valence-electron chi connectivity index (χ1n) is 7.56. The number of fused-ring (bicyclic) bond motifs is 1. The Morgan fingerprint density at radius 1 is 1.45 bits per heavy atom. The van der Waals surface area contributed by atoms with Crippen molar-refractivity contribution in [3.63, 3.8) is 0 Å². The van der Waals surface area contributed by atoms with Crippen molar-refractivity contribution < 1.29 is 4.74 Å². The number of nitrogens with zero attached hydrogens (tertiary/aromatic N) is 2. The molecule has 1 aromatic heterocycles. The molecule has 1 fully saturated rings. The van der Waals surface area contributed by atoms with Gasteiger partial charge < -0.3 is 14.6 Å². The molecular formula is C16H23N3O. The van der Waals surface area contributed by atoms with Gasteiger partial charge in [-0.15, -0.1) is 0 Å². The first-order valence-corrected chi connectivity index (χ1v) is 7.56. The van der Waals surface area contributed by atoms with E-state index in [9.17, 15) is 0 Å². The molecule has 108 valence electrons. The molecule has 0 amide bonds. The second-order valence-electron chi connectivity index (χ2n) is 5.57. The van der Waals surface area contributed by atoms with Crippen molar-refractivity contribution in [1.82, 2.24) is 14.9 Å². The number of aromatic nitrogens is 2. The summed E-state index contributed by atoms with van der Waals surface area (Å²) in [4.78, 5) is 4.84. The largest absolute Gasteiger partial charge is 0.375 e. The lowest BCUT2D eigenvalue weighted by molar-refractivity contribution is 0.0276. The molecule has 2 heterocycles. The van der Waals surface area contributed by atoms with E-state index in [1.807, 2.05) is 0 Å². The van der Waals surface area contributed by atoms with Crippen LogP contribution in [0.25, 0.3) is 11.0 Å². The molecule has 1 aliphatic heterocycles. The Labute approximate surface area is 120 Å².